The molecular weight excluding hydrogens is 598 g/mol. The Kier molecular flexibility index (Phi) is 10.2. The number of nitrogens with one attached hydrogen (secondary N) is 1. The van der Waals surface area contributed by atoms with Crippen molar-refractivity contribution in [2.45, 2.75) is 61.8 Å². The van der Waals surface area contributed by atoms with E-state index in [4.69, 9.17) is 23.7 Å². The third-order valence-corrected chi connectivity index (χ3v) is 8.65. The van der Waals surface area contributed by atoms with Gasteiger partial charge in [-0.3, -0.25) is 4.72 Å². The van der Waals surface area contributed by atoms with Crippen molar-refractivity contribution >= 4 is 25.7 Å². The van der Waals surface area contributed by atoms with Crippen LogP contribution in [-0.2, 0) is 34.7 Å². The summed E-state index contributed by atoms with van der Waals surface area (Å²) in [6, 6.07) is 13.0. The fourth-order valence-electron chi connectivity index (χ4n) is 4.13. The zero-order valence-electron chi connectivity index (χ0n) is 24.8. The highest BCUT2D eigenvalue weighted by atomic mass is 32.2. The molecule has 0 radical (unpaired) electrons. The number of anilines is 1. The van der Waals surface area contributed by atoms with E-state index in [1.54, 1.807) is 36.4 Å². The number of hydrogen-bond acceptors (Lipinski definition) is 11. The van der Waals surface area contributed by atoms with Gasteiger partial charge in [-0.15, -0.1) is 0 Å². The molecule has 1 unspecified atom stereocenters. The van der Waals surface area contributed by atoms with Crippen molar-refractivity contribution in [2.75, 3.05) is 37.9 Å². The summed E-state index contributed by atoms with van der Waals surface area (Å²) in [5, 5.41) is -0.660. The molecule has 3 aromatic rings. The molecule has 1 atom stereocenters. The number of para-hydroxylation sites is 2. The fraction of sp³-hybridized carbons (Fsp3) is 0.448. The Balaban J connectivity index is 1.73. The number of sulfone groups is 1. The van der Waals surface area contributed by atoms with Crippen molar-refractivity contribution in [3.8, 4) is 23.1 Å². The minimum Gasteiger partial charge on any atom is -0.493 e. The zero-order chi connectivity index (χ0) is 31.3. The van der Waals surface area contributed by atoms with E-state index in [9.17, 15) is 16.8 Å². The van der Waals surface area contributed by atoms with Gasteiger partial charge in [0, 0.05) is 12.9 Å². The molecular formula is C29H37N3O9S2. The molecule has 1 aliphatic heterocycles. The largest absolute Gasteiger partial charge is 0.493 e. The van der Waals surface area contributed by atoms with Crippen LogP contribution in [0.3, 0.4) is 0 Å². The number of nitrogens with zero attached hydrogens (tertiary/aromatic N) is 2. The predicted octanol–water partition coefficient (Wildman–Crippen LogP) is 4.70. The zero-order valence-corrected chi connectivity index (χ0v) is 26.5. The maximum Gasteiger partial charge on any atom is 0.264 e. The van der Waals surface area contributed by atoms with Gasteiger partial charge in [-0.2, -0.15) is 9.97 Å². The van der Waals surface area contributed by atoms with Crippen LogP contribution in [0, 0.1) is 0 Å². The normalized spacial score (nSPS) is 16.0. The van der Waals surface area contributed by atoms with Gasteiger partial charge in [0.15, 0.2) is 23.6 Å². The van der Waals surface area contributed by atoms with Crippen LogP contribution in [0.2, 0.25) is 0 Å². The maximum atomic E-state index is 13.5. The molecule has 1 saturated heterocycles. The molecule has 0 spiro atoms. The standard InChI is InChI=1S/C29H37N3O9S2/c1-29(2,3)20-13-15-21(16-14-20)43(35,36)32-26-25(41-23-11-7-6-10-22(23)37-4)27(31-28(30-26)42(5,33)34)40-19-18-39-24-12-8-9-17-38-24/h6-7,10-11,13-16,24H,8-9,12,17-19H2,1-5H3,(H,30,31,32). The van der Waals surface area contributed by atoms with Gasteiger partial charge in [-0.25, -0.2) is 16.8 Å². The second-order valence-electron chi connectivity index (χ2n) is 10.9. The Labute approximate surface area is 252 Å². The molecule has 14 heteroatoms. The molecule has 43 heavy (non-hydrogen) atoms. The van der Waals surface area contributed by atoms with Gasteiger partial charge in [0.1, 0.15) is 6.61 Å². The lowest BCUT2D eigenvalue weighted by molar-refractivity contribution is -0.165. The van der Waals surface area contributed by atoms with Gasteiger partial charge in [-0.05, 0) is 54.5 Å². The van der Waals surface area contributed by atoms with E-state index >= 15 is 0 Å². The van der Waals surface area contributed by atoms with Crippen LogP contribution in [0.1, 0.15) is 45.6 Å². The Bertz CT molecular complexity index is 1620. The van der Waals surface area contributed by atoms with E-state index in [2.05, 4.69) is 14.7 Å². The highest BCUT2D eigenvalue weighted by molar-refractivity contribution is 7.92. The first-order valence-electron chi connectivity index (χ1n) is 13.7. The quantitative estimate of drug-likeness (QED) is 0.218. The molecule has 1 N–H and O–H groups in total. The number of benzene rings is 2. The molecule has 234 valence electrons. The highest BCUT2D eigenvalue weighted by Crippen LogP contribution is 2.41. The second-order valence-corrected chi connectivity index (χ2v) is 14.5. The van der Waals surface area contributed by atoms with Crippen LogP contribution in [0.4, 0.5) is 5.82 Å². The smallest absolute Gasteiger partial charge is 0.264 e. The maximum absolute atomic E-state index is 13.5. The van der Waals surface area contributed by atoms with Crippen LogP contribution in [0.15, 0.2) is 58.6 Å². The van der Waals surface area contributed by atoms with Gasteiger partial charge in [0.05, 0.1) is 18.6 Å². The van der Waals surface area contributed by atoms with Gasteiger partial charge < -0.3 is 23.7 Å². The fourth-order valence-corrected chi connectivity index (χ4v) is 5.64. The van der Waals surface area contributed by atoms with Crippen molar-refractivity contribution in [2.24, 2.45) is 0 Å². The summed E-state index contributed by atoms with van der Waals surface area (Å²) in [6.07, 6.45) is 3.23. The SMILES string of the molecule is COc1ccccc1Oc1c(NS(=O)(=O)c2ccc(C(C)(C)C)cc2)nc(S(C)(=O)=O)nc1OCCOC1CCCCO1. The molecule has 0 amide bonds. The van der Waals surface area contributed by atoms with Gasteiger partial charge in [0.2, 0.25) is 15.6 Å². The molecule has 2 aromatic carbocycles. The van der Waals surface area contributed by atoms with Crippen LogP contribution >= 0.6 is 0 Å². The molecule has 12 nitrogen and oxygen atoms in total. The van der Waals surface area contributed by atoms with E-state index in [1.165, 1.54) is 19.2 Å². The third-order valence-electron chi connectivity index (χ3n) is 6.45. The van der Waals surface area contributed by atoms with Crippen molar-refractivity contribution < 1.29 is 40.5 Å². The minimum atomic E-state index is -4.27. The summed E-state index contributed by atoms with van der Waals surface area (Å²) in [6.45, 7) is 6.67. The number of sulfonamides is 1. The lowest BCUT2D eigenvalue weighted by Crippen LogP contribution is -2.24. The third kappa shape index (κ3) is 8.56. The highest BCUT2D eigenvalue weighted by Gasteiger charge is 2.28. The number of aromatic nitrogens is 2. The molecule has 1 fully saturated rings. The van der Waals surface area contributed by atoms with Crippen molar-refractivity contribution in [3.63, 3.8) is 0 Å². The molecule has 4 rings (SSSR count). The summed E-state index contributed by atoms with van der Waals surface area (Å²) >= 11 is 0. The number of methoxy groups -OCH3 is 1. The van der Waals surface area contributed by atoms with Gasteiger partial charge >= 0.3 is 0 Å². The summed E-state index contributed by atoms with van der Waals surface area (Å²) < 4.78 is 83.1. The molecule has 0 bridgehead atoms. The van der Waals surface area contributed by atoms with E-state index in [-0.39, 0.29) is 47.2 Å². The van der Waals surface area contributed by atoms with E-state index in [1.807, 2.05) is 20.8 Å². The first kappa shape index (κ1) is 32.5. The first-order valence-corrected chi connectivity index (χ1v) is 17.1. The lowest BCUT2D eigenvalue weighted by Gasteiger charge is -2.23. The number of ether oxygens (including phenoxy) is 5. The first-order chi connectivity index (χ1) is 20.3. The minimum absolute atomic E-state index is 0.0633. The number of rotatable bonds is 12. The summed E-state index contributed by atoms with van der Waals surface area (Å²) in [5.74, 6) is -0.499. The van der Waals surface area contributed by atoms with E-state index in [0.717, 1.165) is 31.1 Å². The molecule has 2 heterocycles. The topological polar surface area (TPSA) is 152 Å². The average Bonchev–Trinajstić information content (AvgIpc) is 2.96. The van der Waals surface area contributed by atoms with Crippen molar-refractivity contribution in [3.05, 3.63) is 54.1 Å². The molecule has 1 aromatic heterocycles. The monoisotopic (exact) mass is 635 g/mol. The average molecular weight is 636 g/mol. The van der Waals surface area contributed by atoms with E-state index < -0.39 is 30.8 Å². The lowest BCUT2D eigenvalue weighted by atomic mass is 9.87. The second kappa shape index (κ2) is 13.5. The van der Waals surface area contributed by atoms with Crippen molar-refractivity contribution in [1.29, 1.82) is 0 Å². The van der Waals surface area contributed by atoms with Crippen LogP contribution in [0.5, 0.6) is 23.1 Å². The predicted molar refractivity (Wildman–Crippen MR) is 159 cm³/mol. The summed E-state index contributed by atoms with van der Waals surface area (Å²) in [5.41, 5.74) is 0.742. The Morgan fingerprint density at radius 2 is 1.65 bits per heavy atom. The Morgan fingerprint density at radius 1 is 0.953 bits per heavy atom. The van der Waals surface area contributed by atoms with E-state index in [0.29, 0.717) is 12.4 Å². The van der Waals surface area contributed by atoms with Crippen molar-refractivity contribution in [1.82, 2.24) is 9.97 Å². The molecule has 1 aliphatic rings. The number of hydrogen-bond donors (Lipinski definition) is 1. The van der Waals surface area contributed by atoms with Crippen LogP contribution in [0.25, 0.3) is 0 Å². The Hall–Kier alpha value is -3.46. The molecule has 0 aliphatic carbocycles. The van der Waals surface area contributed by atoms with Crippen LogP contribution in [-0.4, -0.2) is 66.3 Å². The summed E-state index contributed by atoms with van der Waals surface area (Å²) in [7, 11) is -6.83. The Morgan fingerprint density at radius 3 is 2.26 bits per heavy atom. The summed E-state index contributed by atoms with van der Waals surface area (Å²) in [4.78, 5) is 8.05. The molecule has 0 saturated carbocycles. The van der Waals surface area contributed by atoms with Crippen LogP contribution < -0.4 is 18.9 Å². The van der Waals surface area contributed by atoms with Gasteiger partial charge in [0.25, 0.3) is 21.1 Å². The van der Waals surface area contributed by atoms with Gasteiger partial charge in [-0.1, -0.05) is 45.0 Å².